The second kappa shape index (κ2) is 10.0. The summed E-state index contributed by atoms with van der Waals surface area (Å²) in [5.74, 6) is 0. The van der Waals surface area contributed by atoms with Crippen molar-refractivity contribution < 1.29 is 0 Å². The van der Waals surface area contributed by atoms with Gasteiger partial charge in [-0.15, -0.1) is 0 Å². The molecule has 0 saturated carbocycles. The molecule has 0 amide bonds. The average Bonchev–Trinajstić information content (AvgIpc) is 3.31. The molecule has 0 fully saturated rings. The van der Waals surface area contributed by atoms with E-state index in [1.165, 1.54) is 5.56 Å². The number of nitrogens with one attached hydrogen (secondary N) is 2. The molecule has 0 spiro atoms. The van der Waals surface area contributed by atoms with Crippen LogP contribution in [0.5, 0.6) is 0 Å². The quantitative estimate of drug-likeness (QED) is 0.230. The van der Waals surface area contributed by atoms with Gasteiger partial charge in [-0.3, -0.25) is 5.43 Å². The highest BCUT2D eigenvalue weighted by Crippen LogP contribution is 2.20. The van der Waals surface area contributed by atoms with Gasteiger partial charge in [0.05, 0.1) is 18.6 Å². The minimum atomic E-state index is 0.381. The lowest BCUT2D eigenvalue weighted by Crippen LogP contribution is -2.26. The van der Waals surface area contributed by atoms with Crippen LogP contribution >= 0.6 is 23.8 Å². The maximum Gasteiger partial charge on any atom is 0.191 e. The van der Waals surface area contributed by atoms with Crippen molar-refractivity contribution in [2.75, 3.05) is 5.32 Å². The SMILES string of the molecule is S=C(N/N=C(/Cn1ccnc1)c1ccc(-c2ccccc2)cc1)Nc1cccc(Cl)c1. The summed E-state index contributed by atoms with van der Waals surface area (Å²) in [5, 5.41) is 8.68. The summed E-state index contributed by atoms with van der Waals surface area (Å²) in [6, 6.07) is 25.9. The number of halogens is 1. The third kappa shape index (κ3) is 5.78. The molecule has 0 bridgehead atoms. The summed E-state index contributed by atoms with van der Waals surface area (Å²) in [5.41, 5.74) is 7.88. The largest absolute Gasteiger partial charge is 0.331 e. The third-order valence-corrected chi connectivity index (χ3v) is 5.02. The first-order valence-electron chi connectivity index (χ1n) is 9.68. The van der Waals surface area contributed by atoms with Gasteiger partial charge in [-0.1, -0.05) is 72.3 Å². The van der Waals surface area contributed by atoms with Crippen LogP contribution in [-0.4, -0.2) is 20.4 Å². The Kier molecular flexibility index (Phi) is 6.72. The number of aromatic nitrogens is 2. The standard InChI is InChI=1S/C24H20ClN5S/c25-21-7-4-8-22(15-21)27-24(31)29-28-23(16-30-14-13-26-17-30)20-11-9-19(10-12-20)18-5-2-1-3-6-18/h1-15,17H,16H2,(H2,27,29,31)/b28-23-. The number of imidazole rings is 1. The van der Waals surface area contributed by atoms with Gasteiger partial charge in [-0.05, 0) is 47.1 Å². The topological polar surface area (TPSA) is 54.2 Å². The zero-order valence-electron chi connectivity index (χ0n) is 16.6. The number of anilines is 1. The Labute approximate surface area is 191 Å². The number of thiocarbonyl (C=S) groups is 1. The molecular formula is C24H20ClN5S. The number of hydrazone groups is 1. The van der Waals surface area contributed by atoms with E-state index in [1.54, 1.807) is 18.6 Å². The minimum absolute atomic E-state index is 0.381. The highest BCUT2D eigenvalue weighted by molar-refractivity contribution is 7.80. The lowest BCUT2D eigenvalue weighted by molar-refractivity contribution is 0.839. The van der Waals surface area contributed by atoms with E-state index >= 15 is 0 Å². The Morgan fingerprint density at radius 3 is 2.45 bits per heavy atom. The average molecular weight is 446 g/mol. The zero-order chi connectivity index (χ0) is 21.5. The Morgan fingerprint density at radius 1 is 0.968 bits per heavy atom. The molecule has 1 heterocycles. The van der Waals surface area contributed by atoms with Gasteiger partial charge in [0.25, 0.3) is 0 Å². The molecule has 154 valence electrons. The zero-order valence-corrected chi connectivity index (χ0v) is 18.1. The molecule has 3 aromatic carbocycles. The van der Waals surface area contributed by atoms with Crippen molar-refractivity contribution in [3.05, 3.63) is 108 Å². The lowest BCUT2D eigenvalue weighted by Gasteiger charge is -2.12. The molecule has 5 nitrogen and oxygen atoms in total. The van der Waals surface area contributed by atoms with Crippen LogP contribution in [0.3, 0.4) is 0 Å². The Bertz CT molecular complexity index is 1170. The normalized spacial score (nSPS) is 11.2. The Hall–Kier alpha value is -3.48. The van der Waals surface area contributed by atoms with E-state index in [9.17, 15) is 0 Å². The van der Waals surface area contributed by atoms with Crippen molar-refractivity contribution in [1.29, 1.82) is 0 Å². The predicted octanol–water partition coefficient (Wildman–Crippen LogP) is 5.59. The van der Waals surface area contributed by atoms with E-state index in [0.29, 0.717) is 16.7 Å². The smallest absolute Gasteiger partial charge is 0.191 e. The fourth-order valence-corrected chi connectivity index (χ4v) is 3.43. The number of benzene rings is 3. The first kappa shape index (κ1) is 20.8. The van der Waals surface area contributed by atoms with Gasteiger partial charge in [0.15, 0.2) is 5.11 Å². The molecule has 2 N–H and O–H groups in total. The van der Waals surface area contributed by atoms with Gasteiger partial charge >= 0.3 is 0 Å². The van der Waals surface area contributed by atoms with E-state index in [4.69, 9.17) is 23.8 Å². The van der Waals surface area contributed by atoms with Crippen molar-refractivity contribution in [2.45, 2.75) is 6.54 Å². The molecule has 31 heavy (non-hydrogen) atoms. The molecule has 4 aromatic rings. The Balaban J connectivity index is 1.53. The van der Waals surface area contributed by atoms with Crippen molar-refractivity contribution >= 4 is 40.3 Å². The molecule has 0 atom stereocenters. The van der Waals surface area contributed by atoms with Gasteiger partial charge in [0.1, 0.15) is 0 Å². The summed E-state index contributed by atoms with van der Waals surface area (Å²) in [6.07, 6.45) is 5.40. The Morgan fingerprint density at radius 2 is 1.74 bits per heavy atom. The van der Waals surface area contributed by atoms with Crippen LogP contribution in [0.2, 0.25) is 5.02 Å². The molecular weight excluding hydrogens is 426 g/mol. The molecule has 7 heteroatoms. The molecule has 1 aromatic heterocycles. The van der Waals surface area contributed by atoms with Crippen LogP contribution in [-0.2, 0) is 6.54 Å². The van der Waals surface area contributed by atoms with E-state index < -0.39 is 0 Å². The second-order valence-corrected chi connectivity index (χ2v) is 7.66. The maximum atomic E-state index is 6.03. The summed E-state index contributed by atoms with van der Waals surface area (Å²) in [4.78, 5) is 4.12. The van der Waals surface area contributed by atoms with Gasteiger partial charge in [0.2, 0.25) is 0 Å². The third-order valence-electron chi connectivity index (χ3n) is 4.59. The summed E-state index contributed by atoms with van der Waals surface area (Å²) < 4.78 is 1.96. The van der Waals surface area contributed by atoms with Crippen LogP contribution in [0, 0.1) is 0 Å². The van der Waals surface area contributed by atoms with Crippen molar-refractivity contribution in [3.8, 4) is 11.1 Å². The number of hydrogen-bond acceptors (Lipinski definition) is 3. The maximum absolute atomic E-state index is 6.03. The van der Waals surface area contributed by atoms with Crippen LogP contribution < -0.4 is 10.7 Å². The summed E-state index contributed by atoms with van der Waals surface area (Å²) in [6.45, 7) is 0.553. The molecule has 4 rings (SSSR count). The van der Waals surface area contributed by atoms with Gasteiger partial charge < -0.3 is 9.88 Å². The summed E-state index contributed by atoms with van der Waals surface area (Å²) >= 11 is 11.4. The van der Waals surface area contributed by atoms with Crippen molar-refractivity contribution in [2.24, 2.45) is 5.10 Å². The van der Waals surface area contributed by atoms with Crippen molar-refractivity contribution in [3.63, 3.8) is 0 Å². The fraction of sp³-hybridized carbons (Fsp3) is 0.0417. The summed E-state index contributed by atoms with van der Waals surface area (Å²) in [7, 11) is 0. The van der Waals surface area contributed by atoms with E-state index in [-0.39, 0.29) is 0 Å². The van der Waals surface area contributed by atoms with Gasteiger partial charge in [-0.2, -0.15) is 5.10 Å². The van der Waals surface area contributed by atoms with Gasteiger partial charge in [0, 0.05) is 23.1 Å². The number of rotatable bonds is 6. The second-order valence-electron chi connectivity index (χ2n) is 6.81. The van der Waals surface area contributed by atoms with E-state index in [0.717, 1.165) is 22.5 Å². The molecule has 0 aliphatic rings. The van der Waals surface area contributed by atoms with Crippen LogP contribution in [0.4, 0.5) is 5.69 Å². The minimum Gasteiger partial charge on any atom is -0.331 e. The van der Waals surface area contributed by atoms with Crippen LogP contribution in [0.25, 0.3) is 11.1 Å². The molecule has 0 unspecified atom stereocenters. The molecule has 0 aliphatic heterocycles. The van der Waals surface area contributed by atoms with Crippen LogP contribution in [0.15, 0.2) is 103 Å². The molecule has 0 saturated heterocycles. The van der Waals surface area contributed by atoms with E-state index in [2.05, 4.69) is 57.2 Å². The number of hydrogen-bond donors (Lipinski definition) is 2. The molecule has 0 aliphatic carbocycles. The van der Waals surface area contributed by atoms with E-state index in [1.807, 2.05) is 47.2 Å². The highest BCUT2D eigenvalue weighted by atomic mass is 35.5. The number of nitrogens with zero attached hydrogens (tertiary/aromatic N) is 3. The van der Waals surface area contributed by atoms with Crippen LogP contribution in [0.1, 0.15) is 5.56 Å². The lowest BCUT2D eigenvalue weighted by atomic mass is 10.0. The van der Waals surface area contributed by atoms with Gasteiger partial charge in [-0.25, -0.2) is 4.98 Å². The predicted molar refractivity (Wildman–Crippen MR) is 131 cm³/mol. The fourth-order valence-electron chi connectivity index (χ4n) is 3.07. The monoisotopic (exact) mass is 445 g/mol. The highest BCUT2D eigenvalue weighted by Gasteiger charge is 2.07. The first-order valence-corrected chi connectivity index (χ1v) is 10.5. The van der Waals surface area contributed by atoms with Crippen molar-refractivity contribution in [1.82, 2.24) is 15.0 Å². The molecule has 0 radical (unpaired) electrons. The first-order chi connectivity index (χ1) is 15.2.